The molecule has 0 amide bonds. The molecule has 10 heavy (non-hydrogen) atoms. The molecule has 56 valence electrons. The van der Waals surface area contributed by atoms with Crippen LogP contribution in [0.2, 0.25) is 0 Å². The number of aldehydes is 2. The van der Waals surface area contributed by atoms with Gasteiger partial charge in [-0.1, -0.05) is 6.08 Å². The molecule has 0 saturated carbocycles. The van der Waals surface area contributed by atoms with Crippen molar-refractivity contribution in [3.05, 3.63) is 12.7 Å². The topological polar surface area (TPSA) is 60.2 Å². The smallest absolute Gasteiger partial charge is 0.137 e. The van der Waals surface area contributed by atoms with Crippen LogP contribution in [0.5, 0.6) is 0 Å². The van der Waals surface area contributed by atoms with Gasteiger partial charge < -0.3 is 15.3 Å². The molecule has 0 aliphatic carbocycles. The highest BCUT2D eigenvalue weighted by molar-refractivity contribution is 5.67. The number of allylic oxidation sites excluding steroid dienone is 1. The molecule has 0 aromatic rings. The van der Waals surface area contributed by atoms with Crippen LogP contribution in [0.15, 0.2) is 12.7 Å². The molecule has 3 heteroatoms. The van der Waals surface area contributed by atoms with Crippen molar-refractivity contribution in [1.82, 2.24) is 0 Å². The summed E-state index contributed by atoms with van der Waals surface area (Å²) in [5, 5.41) is 0. The predicted octanol–water partition coefficient (Wildman–Crippen LogP) is -0.0962. The van der Waals surface area contributed by atoms with E-state index >= 15 is 0 Å². The van der Waals surface area contributed by atoms with Crippen molar-refractivity contribution in [1.29, 1.82) is 0 Å². The minimum Gasteiger partial charge on any atom is -0.321 e. The van der Waals surface area contributed by atoms with Gasteiger partial charge in [-0.15, -0.1) is 6.58 Å². The summed E-state index contributed by atoms with van der Waals surface area (Å²) in [5.74, 6) is -0.407. The van der Waals surface area contributed by atoms with E-state index in [2.05, 4.69) is 6.58 Å². The van der Waals surface area contributed by atoms with Crippen molar-refractivity contribution >= 4 is 12.6 Å². The molecule has 0 fully saturated rings. The molecule has 0 bridgehead atoms. The van der Waals surface area contributed by atoms with Crippen LogP contribution in [0, 0.1) is 5.92 Å². The van der Waals surface area contributed by atoms with Gasteiger partial charge in [-0.3, -0.25) is 0 Å². The van der Waals surface area contributed by atoms with Crippen molar-refractivity contribution in [2.24, 2.45) is 11.7 Å². The Labute approximate surface area is 59.9 Å². The van der Waals surface area contributed by atoms with Crippen molar-refractivity contribution in [3.8, 4) is 0 Å². The average molecular weight is 141 g/mol. The lowest BCUT2D eigenvalue weighted by Gasteiger charge is -2.08. The van der Waals surface area contributed by atoms with Crippen molar-refractivity contribution in [3.63, 3.8) is 0 Å². The molecular weight excluding hydrogens is 130 g/mol. The van der Waals surface area contributed by atoms with E-state index in [1.807, 2.05) is 0 Å². The third-order valence-electron chi connectivity index (χ3n) is 1.27. The molecule has 0 aromatic heterocycles. The van der Waals surface area contributed by atoms with Gasteiger partial charge in [0.15, 0.2) is 0 Å². The van der Waals surface area contributed by atoms with Gasteiger partial charge in [-0.05, 0) is 6.42 Å². The molecular formula is C7H11NO2. The summed E-state index contributed by atoms with van der Waals surface area (Å²) in [6, 6.07) is -0.685. The van der Waals surface area contributed by atoms with Crippen LogP contribution in [0.4, 0.5) is 0 Å². The summed E-state index contributed by atoms with van der Waals surface area (Å²) in [6.45, 7) is 3.43. The normalized spacial score (nSPS) is 15.3. The average Bonchev–Trinajstić information content (AvgIpc) is 1.99. The highest BCUT2D eigenvalue weighted by Gasteiger charge is 2.13. The van der Waals surface area contributed by atoms with Gasteiger partial charge >= 0.3 is 0 Å². The Hall–Kier alpha value is -0.960. The molecule has 0 heterocycles. The zero-order valence-corrected chi connectivity index (χ0v) is 5.69. The summed E-state index contributed by atoms with van der Waals surface area (Å²) in [7, 11) is 0. The van der Waals surface area contributed by atoms with Gasteiger partial charge in [0.1, 0.15) is 12.6 Å². The first-order valence-electron chi connectivity index (χ1n) is 3.03. The van der Waals surface area contributed by atoms with Crippen LogP contribution in [-0.4, -0.2) is 18.6 Å². The molecule has 0 radical (unpaired) electrons. The second kappa shape index (κ2) is 4.88. The minimum absolute atomic E-state index is 0.407. The molecule has 0 aliphatic rings. The van der Waals surface area contributed by atoms with E-state index in [1.165, 1.54) is 0 Å². The van der Waals surface area contributed by atoms with E-state index < -0.39 is 12.0 Å². The van der Waals surface area contributed by atoms with E-state index in [9.17, 15) is 9.59 Å². The molecule has 2 atom stereocenters. The van der Waals surface area contributed by atoms with Gasteiger partial charge in [0, 0.05) is 5.92 Å². The van der Waals surface area contributed by atoms with Crippen molar-refractivity contribution < 1.29 is 9.59 Å². The third kappa shape index (κ3) is 2.55. The van der Waals surface area contributed by atoms with Crippen LogP contribution in [0.25, 0.3) is 0 Å². The van der Waals surface area contributed by atoms with E-state index in [0.717, 1.165) is 0 Å². The number of hydrogen-bond donors (Lipinski definition) is 1. The molecule has 2 unspecified atom stereocenters. The standard InChI is InChI=1S/C7H11NO2/c1-2-3-6(4-9)7(8)5-10/h2,4-7H,1,3,8H2. The first-order valence-corrected chi connectivity index (χ1v) is 3.03. The lowest BCUT2D eigenvalue weighted by molar-refractivity contribution is -0.116. The molecule has 0 aliphatic heterocycles. The van der Waals surface area contributed by atoms with Crippen LogP contribution < -0.4 is 5.73 Å². The maximum Gasteiger partial charge on any atom is 0.137 e. The Bertz CT molecular complexity index is 134. The van der Waals surface area contributed by atoms with E-state index in [0.29, 0.717) is 19.0 Å². The summed E-state index contributed by atoms with van der Waals surface area (Å²) in [5.41, 5.74) is 5.27. The maximum absolute atomic E-state index is 10.2. The Morgan fingerprint density at radius 3 is 2.30 bits per heavy atom. The fraction of sp³-hybridized carbons (Fsp3) is 0.429. The summed E-state index contributed by atoms with van der Waals surface area (Å²) in [4.78, 5) is 20.3. The third-order valence-corrected chi connectivity index (χ3v) is 1.27. The number of carbonyl (C=O) groups is 2. The number of nitrogens with two attached hydrogens (primary N) is 1. The Balaban J connectivity index is 3.90. The van der Waals surface area contributed by atoms with Crippen molar-refractivity contribution in [2.75, 3.05) is 0 Å². The molecule has 0 rings (SSSR count). The fourth-order valence-corrected chi connectivity index (χ4v) is 0.597. The SMILES string of the molecule is C=CCC(C=O)C(N)C=O. The van der Waals surface area contributed by atoms with Crippen LogP contribution in [0.3, 0.4) is 0 Å². The van der Waals surface area contributed by atoms with Gasteiger partial charge in [0.25, 0.3) is 0 Å². The second-order valence-electron chi connectivity index (χ2n) is 2.04. The first-order chi connectivity index (χ1) is 4.76. The summed E-state index contributed by atoms with van der Waals surface area (Å²) in [6.07, 6.45) is 3.29. The summed E-state index contributed by atoms with van der Waals surface area (Å²) < 4.78 is 0. The minimum atomic E-state index is -0.685. The van der Waals surface area contributed by atoms with Gasteiger partial charge in [-0.2, -0.15) is 0 Å². The Kier molecular flexibility index (Phi) is 4.41. The Morgan fingerprint density at radius 1 is 1.40 bits per heavy atom. The molecule has 0 spiro atoms. The largest absolute Gasteiger partial charge is 0.321 e. The van der Waals surface area contributed by atoms with Crippen LogP contribution in [-0.2, 0) is 9.59 Å². The lowest BCUT2D eigenvalue weighted by Crippen LogP contribution is -2.32. The number of hydrogen-bond acceptors (Lipinski definition) is 3. The summed E-state index contributed by atoms with van der Waals surface area (Å²) >= 11 is 0. The number of rotatable bonds is 5. The van der Waals surface area contributed by atoms with E-state index in [1.54, 1.807) is 6.08 Å². The molecule has 0 saturated heterocycles. The molecule has 2 N–H and O–H groups in total. The van der Waals surface area contributed by atoms with Crippen LogP contribution in [0.1, 0.15) is 6.42 Å². The quantitative estimate of drug-likeness (QED) is 0.429. The zero-order chi connectivity index (χ0) is 7.98. The zero-order valence-electron chi connectivity index (χ0n) is 5.69. The highest BCUT2D eigenvalue weighted by atomic mass is 16.1. The van der Waals surface area contributed by atoms with Crippen LogP contribution >= 0.6 is 0 Å². The lowest BCUT2D eigenvalue weighted by atomic mass is 10.00. The monoisotopic (exact) mass is 141 g/mol. The van der Waals surface area contributed by atoms with Gasteiger partial charge in [0.05, 0.1) is 6.04 Å². The maximum atomic E-state index is 10.2. The molecule has 3 nitrogen and oxygen atoms in total. The Morgan fingerprint density at radius 2 is 2.00 bits per heavy atom. The second-order valence-corrected chi connectivity index (χ2v) is 2.04. The van der Waals surface area contributed by atoms with Crippen molar-refractivity contribution in [2.45, 2.75) is 12.5 Å². The number of carbonyl (C=O) groups excluding carboxylic acids is 2. The van der Waals surface area contributed by atoms with Gasteiger partial charge in [-0.25, -0.2) is 0 Å². The predicted molar refractivity (Wildman–Crippen MR) is 38.4 cm³/mol. The highest BCUT2D eigenvalue weighted by Crippen LogP contribution is 2.01. The fourth-order valence-electron chi connectivity index (χ4n) is 0.597. The molecule has 0 aromatic carbocycles. The first kappa shape index (κ1) is 9.04. The van der Waals surface area contributed by atoms with E-state index in [4.69, 9.17) is 5.73 Å². The van der Waals surface area contributed by atoms with E-state index in [-0.39, 0.29) is 0 Å². The van der Waals surface area contributed by atoms with Gasteiger partial charge in [0.2, 0.25) is 0 Å².